The highest BCUT2D eigenvalue weighted by molar-refractivity contribution is 6.01. The molecule has 0 fully saturated rings. The smallest absolute Gasteiger partial charge is 0.340 e. The molecule has 0 saturated heterocycles. The van der Waals surface area contributed by atoms with Gasteiger partial charge >= 0.3 is 5.97 Å². The molecule has 0 spiro atoms. The van der Waals surface area contributed by atoms with Gasteiger partial charge in [-0.15, -0.1) is 5.10 Å². The Balaban J connectivity index is 1.83. The molecule has 0 atom stereocenters. The summed E-state index contributed by atoms with van der Waals surface area (Å²) in [7, 11) is 1.74. The first-order chi connectivity index (χ1) is 10.6. The minimum atomic E-state index is -0.549. The Morgan fingerprint density at radius 2 is 2.14 bits per heavy atom. The molecule has 0 saturated carbocycles. The molecule has 22 heavy (non-hydrogen) atoms. The van der Waals surface area contributed by atoms with Crippen LogP contribution in [0.25, 0.3) is 11.0 Å². The monoisotopic (exact) mass is 299 g/mol. The minimum Gasteiger partial charge on any atom is -0.457 e. The van der Waals surface area contributed by atoms with E-state index in [2.05, 4.69) is 10.3 Å². The molecule has 112 valence electrons. The zero-order valence-electron chi connectivity index (χ0n) is 12.2. The van der Waals surface area contributed by atoms with Gasteiger partial charge in [0.1, 0.15) is 17.9 Å². The van der Waals surface area contributed by atoms with Crippen LogP contribution < -0.4 is 0 Å². The van der Waals surface area contributed by atoms with Crippen molar-refractivity contribution in [3.05, 3.63) is 58.9 Å². The van der Waals surface area contributed by atoms with Gasteiger partial charge in [0.25, 0.3) is 0 Å². The largest absolute Gasteiger partial charge is 0.457 e. The second-order valence-corrected chi connectivity index (χ2v) is 5.06. The number of halogens is 1. The Kier molecular flexibility index (Phi) is 3.58. The van der Waals surface area contributed by atoms with E-state index in [-0.39, 0.29) is 6.61 Å². The molecular weight excluding hydrogens is 285 g/mol. The molecule has 0 aliphatic heterocycles. The fourth-order valence-corrected chi connectivity index (χ4v) is 2.26. The third kappa shape index (κ3) is 2.55. The quantitative estimate of drug-likeness (QED) is 0.698. The van der Waals surface area contributed by atoms with Gasteiger partial charge in [-0.1, -0.05) is 22.9 Å². The average Bonchev–Trinajstić information content (AvgIpc) is 2.89. The van der Waals surface area contributed by atoms with E-state index in [9.17, 15) is 9.18 Å². The predicted molar refractivity (Wildman–Crippen MR) is 78.8 cm³/mol. The van der Waals surface area contributed by atoms with Gasteiger partial charge < -0.3 is 4.74 Å². The molecular formula is C16H14FN3O2. The lowest BCUT2D eigenvalue weighted by Crippen LogP contribution is -2.07. The summed E-state index contributed by atoms with van der Waals surface area (Å²) in [5.41, 5.74) is 2.78. The topological polar surface area (TPSA) is 57.0 Å². The van der Waals surface area contributed by atoms with Gasteiger partial charge in [0.2, 0.25) is 0 Å². The number of aromatic nitrogens is 3. The zero-order valence-corrected chi connectivity index (χ0v) is 12.2. The Morgan fingerprint density at radius 1 is 1.32 bits per heavy atom. The minimum absolute atomic E-state index is 0.122. The number of hydrogen-bond acceptors (Lipinski definition) is 4. The van der Waals surface area contributed by atoms with Crippen molar-refractivity contribution in [3.8, 4) is 0 Å². The summed E-state index contributed by atoms with van der Waals surface area (Å²) in [6.45, 7) is 1.73. The molecule has 0 amide bonds. The van der Waals surface area contributed by atoms with Gasteiger partial charge in [-0.05, 0) is 31.2 Å². The summed E-state index contributed by atoms with van der Waals surface area (Å²) in [6, 6.07) is 9.85. The molecule has 0 radical (unpaired) electrons. The van der Waals surface area contributed by atoms with Gasteiger partial charge in [0.05, 0.1) is 11.1 Å². The average molecular weight is 299 g/mol. The van der Waals surface area contributed by atoms with Crippen LogP contribution in [0.5, 0.6) is 0 Å². The lowest BCUT2D eigenvalue weighted by atomic mass is 10.1. The van der Waals surface area contributed by atoms with E-state index < -0.39 is 11.8 Å². The molecule has 0 bridgehead atoms. The summed E-state index contributed by atoms with van der Waals surface area (Å²) in [6.07, 6.45) is 0. The number of nitrogens with zero attached hydrogens (tertiary/aromatic N) is 3. The summed E-state index contributed by atoms with van der Waals surface area (Å²) in [5, 5.41) is 7.85. The van der Waals surface area contributed by atoms with E-state index in [0.717, 1.165) is 11.1 Å². The molecule has 0 aliphatic carbocycles. The normalized spacial score (nSPS) is 10.9. The highest BCUT2D eigenvalue weighted by Crippen LogP contribution is 2.18. The van der Waals surface area contributed by atoms with E-state index in [4.69, 9.17) is 4.74 Å². The van der Waals surface area contributed by atoms with Crippen molar-refractivity contribution in [3.63, 3.8) is 0 Å². The third-order valence-electron chi connectivity index (χ3n) is 3.42. The van der Waals surface area contributed by atoms with E-state index in [1.54, 1.807) is 36.0 Å². The predicted octanol–water partition coefficient (Wildman–Crippen LogP) is 2.77. The molecule has 6 heteroatoms. The molecule has 1 aromatic heterocycles. The number of ether oxygens (including phenoxy) is 1. The summed E-state index contributed by atoms with van der Waals surface area (Å²) in [5.74, 6) is -0.942. The third-order valence-corrected chi connectivity index (χ3v) is 3.42. The fraction of sp³-hybridized carbons (Fsp3) is 0.188. The van der Waals surface area contributed by atoms with Crippen LogP contribution in [0.4, 0.5) is 4.39 Å². The van der Waals surface area contributed by atoms with Crippen LogP contribution >= 0.6 is 0 Å². The number of fused-ring (bicyclic) bond motifs is 1. The van der Waals surface area contributed by atoms with E-state index in [1.165, 1.54) is 6.07 Å². The van der Waals surface area contributed by atoms with E-state index in [0.29, 0.717) is 16.6 Å². The first-order valence-electron chi connectivity index (χ1n) is 6.77. The first-order valence-corrected chi connectivity index (χ1v) is 6.77. The Bertz CT molecular complexity index is 858. The highest BCUT2D eigenvalue weighted by atomic mass is 19.1. The van der Waals surface area contributed by atoms with Crippen molar-refractivity contribution < 1.29 is 13.9 Å². The molecule has 3 aromatic rings. The molecule has 0 N–H and O–H groups in total. The number of aryl methyl sites for hydroxylation is 2. The van der Waals surface area contributed by atoms with E-state index in [1.807, 2.05) is 13.0 Å². The maximum absolute atomic E-state index is 13.7. The molecule has 0 aliphatic rings. The number of carbonyl (C=O) groups is 1. The molecule has 3 rings (SSSR count). The van der Waals surface area contributed by atoms with Crippen molar-refractivity contribution in [2.75, 3.05) is 0 Å². The van der Waals surface area contributed by atoms with Crippen LogP contribution in [-0.4, -0.2) is 21.0 Å². The molecule has 0 unspecified atom stereocenters. The summed E-state index contributed by atoms with van der Waals surface area (Å²) < 4.78 is 20.4. The Hall–Kier alpha value is -2.76. The summed E-state index contributed by atoms with van der Waals surface area (Å²) >= 11 is 0. The van der Waals surface area contributed by atoms with Crippen molar-refractivity contribution in [1.82, 2.24) is 15.0 Å². The number of hydrogen-bond donors (Lipinski definition) is 0. The van der Waals surface area contributed by atoms with Gasteiger partial charge in [-0.2, -0.15) is 0 Å². The van der Waals surface area contributed by atoms with Crippen LogP contribution in [0.3, 0.4) is 0 Å². The van der Waals surface area contributed by atoms with E-state index >= 15 is 0 Å². The van der Waals surface area contributed by atoms with Crippen molar-refractivity contribution >= 4 is 17.0 Å². The van der Waals surface area contributed by atoms with Gasteiger partial charge in [0.15, 0.2) is 0 Å². The Labute approximate surface area is 126 Å². The Morgan fingerprint density at radius 3 is 2.95 bits per heavy atom. The van der Waals surface area contributed by atoms with Crippen LogP contribution in [0, 0.1) is 12.7 Å². The first kappa shape index (κ1) is 14.2. The van der Waals surface area contributed by atoms with Crippen molar-refractivity contribution in [2.24, 2.45) is 7.05 Å². The van der Waals surface area contributed by atoms with Crippen LogP contribution in [0.1, 0.15) is 21.5 Å². The van der Waals surface area contributed by atoms with Gasteiger partial charge in [-0.3, -0.25) is 0 Å². The maximum atomic E-state index is 13.7. The van der Waals surface area contributed by atoms with Crippen molar-refractivity contribution in [1.29, 1.82) is 0 Å². The van der Waals surface area contributed by atoms with Crippen molar-refractivity contribution in [2.45, 2.75) is 13.5 Å². The SMILES string of the molecule is Cc1ccc(F)c(COC(=O)c2cccc3c2nnn3C)c1. The standard InChI is InChI=1S/C16H14FN3O2/c1-10-6-7-13(17)11(8-10)9-22-16(21)12-4-3-5-14-15(12)18-19-20(14)2/h3-8H,9H2,1-2H3. The van der Waals surface area contributed by atoms with Crippen LogP contribution in [0.15, 0.2) is 36.4 Å². The lowest BCUT2D eigenvalue weighted by Gasteiger charge is -2.07. The number of rotatable bonds is 3. The van der Waals surface area contributed by atoms with Gasteiger partial charge in [-0.25, -0.2) is 13.9 Å². The zero-order chi connectivity index (χ0) is 15.7. The summed E-state index contributed by atoms with van der Waals surface area (Å²) in [4.78, 5) is 12.2. The number of benzene rings is 2. The van der Waals surface area contributed by atoms with Crippen LogP contribution in [-0.2, 0) is 18.4 Å². The number of esters is 1. The second kappa shape index (κ2) is 5.55. The lowest BCUT2D eigenvalue weighted by molar-refractivity contribution is 0.0471. The van der Waals surface area contributed by atoms with Gasteiger partial charge in [0, 0.05) is 12.6 Å². The second-order valence-electron chi connectivity index (χ2n) is 5.06. The molecule has 5 nitrogen and oxygen atoms in total. The van der Waals surface area contributed by atoms with Crippen LogP contribution in [0.2, 0.25) is 0 Å². The molecule has 2 aromatic carbocycles. The fourth-order valence-electron chi connectivity index (χ4n) is 2.26. The number of carbonyl (C=O) groups excluding carboxylic acids is 1. The highest BCUT2D eigenvalue weighted by Gasteiger charge is 2.16. The maximum Gasteiger partial charge on any atom is 0.340 e. The molecule has 1 heterocycles.